The third-order valence-electron chi connectivity index (χ3n) is 5.63. The fourth-order valence-electron chi connectivity index (χ4n) is 3.78. The molecule has 164 valence electrons. The zero-order valence-corrected chi connectivity index (χ0v) is 18.2. The molecule has 0 saturated carbocycles. The second-order valence-corrected chi connectivity index (χ2v) is 8.13. The molecule has 3 rings (SSSR count). The summed E-state index contributed by atoms with van der Waals surface area (Å²) in [5.41, 5.74) is 2.16. The van der Waals surface area contributed by atoms with E-state index in [1.54, 1.807) is 18.2 Å². The molecule has 0 heterocycles. The summed E-state index contributed by atoms with van der Waals surface area (Å²) in [4.78, 5) is 11.1. The molecule has 0 aliphatic carbocycles. The Morgan fingerprint density at radius 2 is 1.68 bits per heavy atom. The summed E-state index contributed by atoms with van der Waals surface area (Å²) in [6.45, 7) is 2.57. The van der Waals surface area contributed by atoms with Crippen LogP contribution >= 0.6 is 0 Å². The van der Waals surface area contributed by atoms with E-state index in [1.165, 1.54) is 38.2 Å². The Morgan fingerprint density at radius 1 is 0.903 bits per heavy atom. The molecule has 4 heteroatoms. The van der Waals surface area contributed by atoms with E-state index < -0.39 is 12.1 Å². The van der Waals surface area contributed by atoms with Crippen molar-refractivity contribution in [3.63, 3.8) is 0 Å². The van der Waals surface area contributed by atoms with Crippen LogP contribution in [0, 0.1) is 0 Å². The molecule has 0 fully saturated rings. The fraction of sp³-hybridized carbons (Fsp3) is 0.370. The second kappa shape index (κ2) is 11.5. The highest BCUT2D eigenvalue weighted by Gasteiger charge is 2.09. The minimum absolute atomic E-state index is 0.208. The number of ether oxygens (including phenoxy) is 1. The Hall–Kier alpha value is -2.85. The van der Waals surface area contributed by atoms with Gasteiger partial charge in [-0.05, 0) is 58.7 Å². The van der Waals surface area contributed by atoms with Gasteiger partial charge in [0, 0.05) is 0 Å². The quantitative estimate of drug-likeness (QED) is 0.313. The SMILES string of the molecule is CCCCCCCCC(O)c1ccc2ccc(COc3cccc(C(=O)O)c3)cc2c1. The van der Waals surface area contributed by atoms with Gasteiger partial charge in [-0.25, -0.2) is 4.79 Å². The Labute approximate surface area is 184 Å². The number of carbonyl (C=O) groups is 1. The molecule has 0 amide bonds. The van der Waals surface area contributed by atoms with E-state index in [9.17, 15) is 9.90 Å². The van der Waals surface area contributed by atoms with Crippen molar-refractivity contribution in [1.82, 2.24) is 0 Å². The lowest BCUT2D eigenvalue weighted by Gasteiger charge is -2.13. The van der Waals surface area contributed by atoms with Gasteiger partial charge in [0.2, 0.25) is 0 Å². The highest BCUT2D eigenvalue weighted by atomic mass is 16.5. The summed E-state index contributed by atoms with van der Waals surface area (Å²) in [5, 5.41) is 21.9. The highest BCUT2D eigenvalue weighted by molar-refractivity contribution is 5.88. The van der Waals surface area contributed by atoms with Crippen molar-refractivity contribution in [3.8, 4) is 5.75 Å². The van der Waals surface area contributed by atoms with Gasteiger partial charge in [-0.2, -0.15) is 0 Å². The molecule has 0 aromatic heterocycles. The molecule has 31 heavy (non-hydrogen) atoms. The monoisotopic (exact) mass is 420 g/mol. The summed E-state index contributed by atoms with van der Waals surface area (Å²) in [5.74, 6) is -0.439. The Kier molecular flexibility index (Phi) is 8.48. The number of aliphatic hydroxyl groups is 1. The van der Waals surface area contributed by atoms with E-state index in [1.807, 2.05) is 18.2 Å². The zero-order chi connectivity index (χ0) is 22.1. The molecule has 1 atom stereocenters. The first kappa shape index (κ1) is 22.8. The smallest absolute Gasteiger partial charge is 0.335 e. The third-order valence-corrected chi connectivity index (χ3v) is 5.63. The maximum Gasteiger partial charge on any atom is 0.335 e. The van der Waals surface area contributed by atoms with Crippen molar-refractivity contribution in [3.05, 3.63) is 77.4 Å². The zero-order valence-electron chi connectivity index (χ0n) is 18.2. The first-order valence-electron chi connectivity index (χ1n) is 11.2. The number of carboxylic acid groups (broad SMARTS) is 1. The predicted octanol–water partition coefficient (Wildman–Crippen LogP) is 6.90. The second-order valence-electron chi connectivity index (χ2n) is 8.13. The average molecular weight is 421 g/mol. The topological polar surface area (TPSA) is 66.8 Å². The molecule has 3 aromatic rings. The minimum Gasteiger partial charge on any atom is -0.489 e. The average Bonchev–Trinajstić information content (AvgIpc) is 2.79. The van der Waals surface area contributed by atoms with E-state index in [0.717, 1.165) is 34.7 Å². The van der Waals surface area contributed by atoms with E-state index >= 15 is 0 Å². The van der Waals surface area contributed by atoms with Gasteiger partial charge in [-0.1, -0.05) is 75.8 Å². The fourth-order valence-corrected chi connectivity index (χ4v) is 3.78. The van der Waals surface area contributed by atoms with Crippen LogP contribution < -0.4 is 4.74 Å². The van der Waals surface area contributed by atoms with Crippen LogP contribution in [0.15, 0.2) is 60.7 Å². The van der Waals surface area contributed by atoms with Gasteiger partial charge in [-0.15, -0.1) is 0 Å². The molecule has 4 nitrogen and oxygen atoms in total. The summed E-state index contributed by atoms with van der Waals surface area (Å²) in [6.07, 6.45) is 7.66. The number of fused-ring (bicyclic) bond motifs is 1. The van der Waals surface area contributed by atoms with Crippen LogP contribution in [0.3, 0.4) is 0 Å². The van der Waals surface area contributed by atoms with Gasteiger partial charge in [0.15, 0.2) is 0 Å². The lowest BCUT2D eigenvalue weighted by atomic mass is 9.98. The molecule has 3 aromatic carbocycles. The van der Waals surface area contributed by atoms with Crippen molar-refractivity contribution in [2.45, 2.75) is 64.6 Å². The molecular formula is C27H32O4. The normalized spacial score (nSPS) is 12.1. The van der Waals surface area contributed by atoms with Crippen LogP contribution in [0.5, 0.6) is 5.75 Å². The Morgan fingerprint density at radius 3 is 2.48 bits per heavy atom. The van der Waals surface area contributed by atoms with E-state index in [-0.39, 0.29) is 5.56 Å². The number of rotatable bonds is 12. The van der Waals surface area contributed by atoms with Crippen LogP contribution in [0.25, 0.3) is 10.8 Å². The maximum atomic E-state index is 11.1. The molecule has 0 saturated heterocycles. The molecule has 0 radical (unpaired) electrons. The van der Waals surface area contributed by atoms with Gasteiger partial charge >= 0.3 is 5.97 Å². The number of carboxylic acids is 1. The number of hydrogen-bond acceptors (Lipinski definition) is 3. The minimum atomic E-state index is -0.969. The van der Waals surface area contributed by atoms with Crippen molar-refractivity contribution < 1.29 is 19.7 Å². The van der Waals surface area contributed by atoms with Gasteiger partial charge in [0.1, 0.15) is 12.4 Å². The van der Waals surface area contributed by atoms with E-state index in [0.29, 0.717) is 12.4 Å². The molecule has 0 aliphatic heterocycles. The van der Waals surface area contributed by atoms with Crippen molar-refractivity contribution in [1.29, 1.82) is 0 Å². The molecule has 0 aliphatic rings. The number of aromatic carboxylic acids is 1. The highest BCUT2D eigenvalue weighted by Crippen LogP contribution is 2.26. The lowest BCUT2D eigenvalue weighted by Crippen LogP contribution is -2.00. The van der Waals surface area contributed by atoms with E-state index in [4.69, 9.17) is 9.84 Å². The predicted molar refractivity (Wildman–Crippen MR) is 125 cm³/mol. The first-order valence-corrected chi connectivity index (χ1v) is 11.2. The van der Waals surface area contributed by atoms with Crippen molar-refractivity contribution in [2.24, 2.45) is 0 Å². The third kappa shape index (κ3) is 6.83. The summed E-state index contributed by atoms with van der Waals surface area (Å²) in [7, 11) is 0. The van der Waals surface area contributed by atoms with Crippen LogP contribution in [-0.4, -0.2) is 16.2 Å². The molecule has 1 unspecified atom stereocenters. The number of unbranched alkanes of at least 4 members (excludes halogenated alkanes) is 5. The molecule has 0 bridgehead atoms. The van der Waals surface area contributed by atoms with Crippen molar-refractivity contribution in [2.75, 3.05) is 0 Å². The van der Waals surface area contributed by atoms with Crippen LogP contribution in [0.1, 0.15) is 79.5 Å². The number of aliphatic hydroxyl groups excluding tert-OH is 1. The van der Waals surface area contributed by atoms with Crippen molar-refractivity contribution >= 4 is 16.7 Å². The van der Waals surface area contributed by atoms with Gasteiger partial charge in [-0.3, -0.25) is 0 Å². The van der Waals surface area contributed by atoms with Crippen LogP contribution in [0.4, 0.5) is 0 Å². The summed E-state index contributed by atoms with van der Waals surface area (Å²) >= 11 is 0. The maximum absolute atomic E-state index is 11.1. The lowest BCUT2D eigenvalue weighted by molar-refractivity contribution is 0.0696. The first-order chi connectivity index (χ1) is 15.1. The van der Waals surface area contributed by atoms with Gasteiger partial charge in [0.25, 0.3) is 0 Å². The number of hydrogen-bond donors (Lipinski definition) is 2. The number of benzene rings is 3. The Bertz CT molecular complexity index is 995. The van der Waals surface area contributed by atoms with Crippen LogP contribution in [0.2, 0.25) is 0 Å². The Balaban J connectivity index is 1.60. The molecule has 2 N–H and O–H groups in total. The van der Waals surface area contributed by atoms with Gasteiger partial charge in [0.05, 0.1) is 11.7 Å². The van der Waals surface area contributed by atoms with Crippen LogP contribution in [-0.2, 0) is 6.61 Å². The molecular weight excluding hydrogens is 388 g/mol. The summed E-state index contributed by atoms with van der Waals surface area (Å²) in [6, 6.07) is 18.8. The molecule has 0 spiro atoms. The van der Waals surface area contributed by atoms with Gasteiger partial charge < -0.3 is 14.9 Å². The standard InChI is InChI=1S/C27H32O4/c1-2-3-4-5-6-7-11-26(28)22-15-14-21-13-12-20(16-24(21)17-22)19-31-25-10-8-9-23(18-25)27(29)30/h8-10,12-18,26,28H,2-7,11,19H2,1H3,(H,29,30). The largest absolute Gasteiger partial charge is 0.489 e. The van der Waals surface area contributed by atoms with E-state index in [2.05, 4.69) is 25.1 Å². The summed E-state index contributed by atoms with van der Waals surface area (Å²) < 4.78 is 5.79.